The minimum atomic E-state index is -1.39. The molecule has 10 nitrogen and oxygen atoms in total. The molecule has 1 saturated heterocycles. The van der Waals surface area contributed by atoms with Crippen LogP contribution in [0.3, 0.4) is 0 Å². The van der Waals surface area contributed by atoms with Crippen molar-refractivity contribution in [1.29, 1.82) is 0 Å². The van der Waals surface area contributed by atoms with E-state index in [0.717, 1.165) is 0 Å². The summed E-state index contributed by atoms with van der Waals surface area (Å²) in [6, 6.07) is 4.61. The number of non-ortho nitro benzene ring substituents is 1. The summed E-state index contributed by atoms with van der Waals surface area (Å²) in [5, 5.41) is 42.4. The van der Waals surface area contributed by atoms with Crippen molar-refractivity contribution < 1.29 is 34.5 Å². The van der Waals surface area contributed by atoms with Crippen molar-refractivity contribution in [3.8, 4) is 0 Å². The highest BCUT2D eigenvalue weighted by atomic mass is 16.7. The monoisotopic (exact) mass is 356 g/mol. The average molecular weight is 356 g/mol. The lowest BCUT2D eigenvalue weighted by molar-refractivity contribution is -0.384. The van der Waals surface area contributed by atoms with Gasteiger partial charge in [0.2, 0.25) is 5.91 Å². The summed E-state index contributed by atoms with van der Waals surface area (Å²) in [4.78, 5) is 21.4. The molecule has 1 aliphatic rings. The van der Waals surface area contributed by atoms with Crippen LogP contribution in [0.2, 0.25) is 0 Å². The number of benzene rings is 1. The zero-order valence-corrected chi connectivity index (χ0v) is 13.4. The van der Waals surface area contributed by atoms with Gasteiger partial charge in [-0.15, -0.1) is 0 Å². The smallest absolute Gasteiger partial charge is 0.269 e. The Morgan fingerprint density at radius 3 is 2.48 bits per heavy atom. The van der Waals surface area contributed by atoms with Gasteiger partial charge in [-0.25, -0.2) is 0 Å². The lowest BCUT2D eigenvalue weighted by Crippen LogP contribution is -2.64. The van der Waals surface area contributed by atoms with Crippen LogP contribution >= 0.6 is 0 Å². The van der Waals surface area contributed by atoms with E-state index in [4.69, 9.17) is 9.47 Å². The van der Waals surface area contributed by atoms with Crippen LogP contribution in [-0.4, -0.2) is 63.4 Å². The number of nitro benzene ring substituents is 1. The number of aliphatic hydroxyl groups excluding tert-OH is 3. The summed E-state index contributed by atoms with van der Waals surface area (Å²) >= 11 is 0. The van der Waals surface area contributed by atoms with Gasteiger partial charge in [0.25, 0.3) is 5.69 Å². The second-order valence-corrected chi connectivity index (χ2v) is 5.67. The molecule has 1 fully saturated rings. The van der Waals surface area contributed by atoms with Gasteiger partial charge in [-0.05, 0) is 17.7 Å². The lowest BCUT2D eigenvalue weighted by atomic mass is 9.97. The molecule has 1 amide bonds. The lowest BCUT2D eigenvalue weighted by Gasteiger charge is -2.42. The van der Waals surface area contributed by atoms with E-state index in [1.165, 1.54) is 31.2 Å². The van der Waals surface area contributed by atoms with Crippen molar-refractivity contribution in [3.63, 3.8) is 0 Å². The third-order valence-electron chi connectivity index (χ3n) is 3.81. The zero-order chi connectivity index (χ0) is 18.6. The minimum absolute atomic E-state index is 0.0142. The molecular weight excluding hydrogens is 336 g/mol. The zero-order valence-electron chi connectivity index (χ0n) is 13.4. The number of carbonyl (C=O) groups excluding carboxylic acids is 1. The Bertz CT molecular complexity index is 608. The number of carbonyl (C=O) groups is 1. The van der Waals surface area contributed by atoms with E-state index in [2.05, 4.69) is 5.32 Å². The molecule has 138 valence electrons. The first-order chi connectivity index (χ1) is 11.8. The third kappa shape index (κ3) is 4.71. The Kier molecular flexibility index (Phi) is 6.39. The third-order valence-corrected chi connectivity index (χ3v) is 3.81. The summed E-state index contributed by atoms with van der Waals surface area (Å²) in [6.45, 7) is 0.687. The minimum Gasteiger partial charge on any atom is -0.394 e. The second kappa shape index (κ2) is 8.32. The van der Waals surface area contributed by atoms with Crippen LogP contribution < -0.4 is 5.32 Å². The Balaban J connectivity index is 2.07. The molecule has 1 aromatic carbocycles. The summed E-state index contributed by atoms with van der Waals surface area (Å²) in [7, 11) is 0. The highest BCUT2D eigenvalue weighted by molar-refractivity contribution is 5.73. The Labute approximate surface area is 143 Å². The first-order valence-electron chi connectivity index (χ1n) is 7.58. The first kappa shape index (κ1) is 19.2. The fourth-order valence-electron chi connectivity index (χ4n) is 2.51. The van der Waals surface area contributed by atoms with E-state index < -0.39 is 48.1 Å². The van der Waals surface area contributed by atoms with E-state index in [-0.39, 0.29) is 12.3 Å². The molecule has 0 spiro atoms. The second-order valence-electron chi connectivity index (χ2n) is 5.67. The Morgan fingerprint density at radius 1 is 1.32 bits per heavy atom. The molecule has 1 aliphatic heterocycles. The number of nitrogens with one attached hydrogen (secondary N) is 1. The van der Waals surface area contributed by atoms with Gasteiger partial charge in [0.15, 0.2) is 6.29 Å². The fraction of sp³-hybridized carbons (Fsp3) is 0.533. The summed E-state index contributed by atoms with van der Waals surface area (Å²) in [5.74, 6) is -0.453. The van der Waals surface area contributed by atoms with E-state index in [1.807, 2.05) is 0 Å². The Hall–Kier alpha value is -2.11. The number of hydrogen-bond donors (Lipinski definition) is 4. The van der Waals surface area contributed by atoms with Gasteiger partial charge in [-0.2, -0.15) is 0 Å². The van der Waals surface area contributed by atoms with Gasteiger partial charge in [-0.1, -0.05) is 0 Å². The SMILES string of the molecule is CC(=O)N[C@H]1[C@@H](OCc2ccc([N+](=O)[O-])cc2)O[C@@H](CO)[C@@H](O)[C@@H]1O. The van der Waals surface area contributed by atoms with Crippen LogP contribution in [0.5, 0.6) is 0 Å². The van der Waals surface area contributed by atoms with E-state index >= 15 is 0 Å². The van der Waals surface area contributed by atoms with Crippen molar-refractivity contribution in [2.75, 3.05) is 6.61 Å². The van der Waals surface area contributed by atoms with E-state index in [1.54, 1.807) is 0 Å². The summed E-state index contributed by atoms with van der Waals surface area (Å²) in [5.41, 5.74) is 0.546. The fourth-order valence-corrected chi connectivity index (χ4v) is 2.51. The maximum atomic E-state index is 11.3. The molecule has 2 rings (SSSR count). The molecule has 0 radical (unpaired) electrons. The van der Waals surface area contributed by atoms with Gasteiger partial charge in [0.05, 0.1) is 18.1 Å². The molecule has 0 bridgehead atoms. The molecule has 0 aromatic heterocycles. The normalized spacial score (nSPS) is 29.2. The Morgan fingerprint density at radius 2 is 1.96 bits per heavy atom. The predicted octanol–water partition coefficient (Wildman–Crippen LogP) is -0.945. The molecule has 0 aliphatic carbocycles. The number of hydrogen-bond acceptors (Lipinski definition) is 8. The number of aliphatic hydroxyl groups is 3. The van der Waals surface area contributed by atoms with Crippen molar-refractivity contribution in [2.45, 2.75) is 44.2 Å². The van der Waals surface area contributed by atoms with Gasteiger partial charge < -0.3 is 30.1 Å². The van der Waals surface area contributed by atoms with E-state index in [9.17, 15) is 30.2 Å². The number of nitrogens with zero attached hydrogens (tertiary/aromatic N) is 1. The summed E-state index contributed by atoms with van der Waals surface area (Å²) in [6.07, 6.45) is -4.96. The van der Waals surface area contributed by atoms with E-state index in [0.29, 0.717) is 5.56 Å². The number of amides is 1. The molecule has 0 unspecified atom stereocenters. The number of nitro groups is 1. The molecule has 1 heterocycles. The molecule has 25 heavy (non-hydrogen) atoms. The molecule has 4 N–H and O–H groups in total. The quantitative estimate of drug-likeness (QED) is 0.376. The largest absolute Gasteiger partial charge is 0.394 e. The highest BCUT2D eigenvalue weighted by Gasteiger charge is 2.45. The highest BCUT2D eigenvalue weighted by Crippen LogP contribution is 2.23. The van der Waals surface area contributed by atoms with Gasteiger partial charge >= 0.3 is 0 Å². The molecule has 10 heteroatoms. The maximum absolute atomic E-state index is 11.3. The number of rotatable bonds is 6. The summed E-state index contributed by atoms with van der Waals surface area (Å²) < 4.78 is 11.0. The van der Waals surface area contributed by atoms with Crippen molar-refractivity contribution in [3.05, 3.63) is 39.9 Å². The van der Waals surface area contributed by atoms with Crippen LogP contribution in [0, 0.1) is 10.1 Å². The van der Waals surface area contributed by atoms with Crippen LogP contribution in [0.4, 0.5) is 5.69 Å². The standard InChI is InChI=1S/C15H20N2O8/c1-8(19)16-12-14(21)13(20)11(6-18)25-15(12)24-7-9-2-4-10(5-3-9)17(22)23/h2-5,11-15,18,20-21H,6-7H2,1H3,(H,16,19)/t11-,12+,13+,14+,15-/m0/s1. The van der Waals surface area contributed by atoms with Crippen LogP contribution in [0.1, 0.15) is 12.5 Å². The van der Waals surface area contributed by atoms with Crippen molar-refractivity contribution in [1.82, 2.24) is 5.32 Å². The molecule has 5 atom stereocenters. The van der Waals surface area contributed by atoms with Crippen LogP contribution in [-0.2, 0) is 20.9 Å². The van der Waals surface area contributed by atoms with Crippen molar-refractivity contribution >= 4 is 11.6 Å². The van der Waals surface area contributed by atoms with Crippen LogP contribution in [0.15, 0.2) is 24.3 Å². The maximum Gasteiger partial charge on any atom is 0.269 e. The molecule has 0 saturated carbocycles. The molecular formula is C15H20N2O8. The first-order valence-corrected chi connectivity index (χ1v) is 7.58. The topological polar surface area (TPSA) is 151 Å². The number of ether oxygens (including phenoxy) is 2. The predicted molar refractivity (Wildman–Crippen MR) is 83.3 cm³/mol. The van der Waals surface area contributed by atoms with Gasteiger partial charge in [0, 0.05) is 19.1 Å². The van der Waals surface area contributed by atoms with Gasteiger partial charge in [0.1, 0.15) is 24.4 Å². The van der Waals surface area contributed by atoms with Crippen molar-refractivity contribution in [2.24, 2.45) is 0 Å². The average Bonchev–Trinajstić information content (AvgIpc) is 2.58. The van der Waals surface area contributed by atoms with Crippen LogP contribution in [0.25, 0.3) is 0 Å². The van der Waals surface area contributed by atoms with Gasteiger partial charge in [-0.3, -0.25) is 14.9 Å². The molecule has 1 aromatic rings.